The van der Waals surface area contributed by atoms with Crippen molar-refractivity contribution >= 4 is 5.82 Å². The highest BCUT2D eigenvalue weighted by molar-refractivity contribution is 5.33. The molecule has 0 fully saturated rings. The highest BCUT2D eigenvalue weighted by atomic mass is 16.5. The number of nitrogens with two attached hydrogens (primary N) is 1. The first-order chi connectivity index (χ1) is 8.72. The molecule has 1 heterocycles. The average Bonchev–Trinajstić information content (AvgIpc) is 2.82. The van der Waals surface area contributed by atoms with Crippen LogP contribution in [0.25, 0.3) is 0 Å². The number of rotatable bonds is 5. The summed E-state index contributed by atoms with van der Waals surface area (Å²) in [5.41, 5.74) is 7.01. The molecule has 0 radical (unpaired) electrons. The van der Waals surface area contributed by atoms with Gasteiger partial charge >= 0.3 is 0 Å². The summed E-state index contributed by atoms with van der Waals surface area (Å²) in [5, 5.41) is 4.22. The van der Waals surface area contributed by atoms with Gasteiger partial charge in [-0.05, 0) is 37.1 Å². The van der Waals surface area contributed by atoms with Gasteiger partial charge in [0.1, 0.15) is 11.6 Å². The molecule has 4 heteroatoms. The largest absolute Gasteiger partial charge is 0.494 e. The summed E-state index contributed by atoms with van der Waals surface area (Å²) in [4.78, 5) is 0. The van der Waals surface area contributed by atoms with Crippen LogP contribution in [0.3, 0.4) is 0 Å². The maximum atomic E-state index is 5.85. The van der Waals surface area contributed by atoms with Crippen molar-refractivity contribution in [2.24, 2.45) is 0 Å². The lowest BCUT2D eigenvalue weighted by Gasteiger charge is -2.15. The lowest BCUT2D eigenvalue weighted by Crippen LogP contribution is -2.11. The molecule has 0 aliphatic heterocycles. The number of nitrogens with zero attached hydrogens (tertiary/aromatic N) is 2. The molecule has 1 unspecified atom stereocenters. The van der Waals surface area contributed by atoms with Gasteiger partial charge in [-0.2, -0.15) is 5.10 Å². The second kappa shape index (κ2) is 5.58. The molecule has 96 valence electrons. The normalized spacial score (nSPS) is 12.3. The minimum Gasteiger partial charge on any atom is -0.494 e. The first-order valence-electron chi connectivity index (χ1n) is 6.24. The van der Waals surface area contributed by atoms with Crippen molar-refractivity contribution in [3.05, 3.63) is 42.1 Å². The van der Waals surface area contributed by atoms with E-state index in [2.05, 4.69) is 31.1 Å². The van der Waals surface area contributed by atoms with Crippen LogP contribution < -0.4 is 10.5 Å². The van der Waals surface area contributed by atoms with E-state index in [-0.39, 0.29) is 6.04 Å². The minimum absolute atomic E-state index is 0.125. The molecule has 0 amide bonds. The van der Waals surface area contributed by atoms with E-state index in [1.54, 1.807) is 12.3 Å². The maximum absolute atomic E-state index is 5.85. The van der Waals surface area contributed by atoms with Gasteiger partial charge in [0.05, 0.1) is 18.8 Å². The van der Waals surface area contributed by atoms with Crippen molar-refractivity contribution in [2.75, 3.05) is 12.3 Å². The number of hydrogen-bond donors (Lipinski definition) is 1. The average molecular weight is 245 g/mol. The fourth-order valence-corrected chi connectivity index (χ4v) is 1.85. The van der Waals surface area contributed by atoms with E-state index < -0.39 is 0 Å². The number of anilines is 1. The predicted octanol–water partition coefficient (Wildman–Crippen LogP) is 2.86. The van der Waals surface area contributed by atoms with E-state index in [1.807, 2.05) is 16.8 Å². The molecule has 0 saturated carbocycles. The first kappa shape index (κ1) is 12.5. The number of aromatic nitrogens is 2. The van der Waals surface area contributed by atoms with Gasteiger partial charge in [0.2, 0.25) is 0 Å². The van der Waals surface area contributed by atoms with Crippen molar-refractivity contribution in [2.45, 2.75) is 26.3 Å². The van der Waals surface area contributed by atoms with Gasteiger partial charge in [-0.25, -0.2) is 4.68 Å². The standard InChI is InChI=1S/C14H19N3O/c1-3-10-18-13-6-4-12(5-7-13)11(2)17-14(15)8-9-16-17/h4-9,11H,3,10,15H2,1-2H3. The Labute approximate surface area is 107 Å². The molecule has 0 bridgehead atoms. The van der Waals surface area contributed by atoms with Crippen LogP contribution in [0.15, 0.2) is 36.5 Å². The molecule has 18 heavy (non-hydrogen) atoms. The Bertz CT molecular complexity index is 490. The van der Waals surface area contributed by atoms with Crippen LogP contribution in [0.2, 0.25) is 0 Å². The van der Waals surface area contributed by atoms with E-state index in [0.717, 1.165) is 24.3 Å². The van der Waals surface area contributed by atoms with Crippen LogP contribution in [-0.2, 0) is 0 Å². The Morgan fingerprint density at radius 1 is 1.28 bits per heavy atom. The molecule has 0 aliphatic carbocycles. The third-order valence-corrected chi connectivity index (χ3v) is 2.90. The van der Waals surface area contributed by atoms with Crippen molar-refractivity contribution in [3.8, 4) is 5.75 Å². The van der Waals surface area contributed by atoms with Gasteiger partial charge in [0.25, 0.3) is 0 Å². The summed E-state index contributed by atoms with van der Waals surface area (Å²) in [7, 11) is 0. The van der Waals surface area contributed by atoms with Gasteiger partial charge in [0.15, 0.2) is 0 Å². The van der Waals surface area contributed by atoms with E-state index in [1.165, 1.54) is 0 Å². The van der Waals surface area contributed by atoms with Gasteiger partial charge in [-0.15, -0.1) is 0 Å². The highest BCUT2D eigenvalue weighted by Gasteiger charge is 2.10. The molecule has 2 rings (SSSR count). The van der Waals surface area contributed by atoms with Crippen LogP contribution in [0.1, 0.15) is 31.9 Å². The molecule has 1 aromatic heterocycles. The molecule has 1 aromatic carbocycles. The second-order valence-electron chi connectivity index (χ2n) is 4.29. The Morgan fingerprint density at radius 3 is 2.56 bits per heavy atom. The van der Waals surface area contributed by atoms with E-state index >= 15 is 0 Å². The third kappa shape index (κ3) is 2.64. The van der Waals surface area contributed by atoms with E-state index in [4.69, 9.17) is 10.5 Å². The number of benzene rings is 1. The molecule has 4 nitrogen and oxygen atoms in total. The number of nitrogen functional groups attached to an aromatic ring is 1. The summed E-state index contributed by atoms with van der Waals surface area (Å²) in [5.74, 6) is 1.58. The molecular formula is C14H19N3O. The van der Waals surface area contributed by atoms with Crippen molar-refractivity contribution < 1.29 is 4.74 Å². The zero-order valence-corrected chi connectivity index (χ0v) is 10.8. The van der Waals surface area contributed by atoms with Crippen LogP contribution in [0, 0.1) is 0 Å². The molecule has 1 atom stereocenters. The van der Waals surface area contributed by atoms with Crippen molar-refractivity contribution in [1.29, 1.82) is 0 Å². The van der Waals surface area contributed by atoms with Crippen LogP contribution in [-0.4, -0.2) is 16.4 Å². The Hall–Kier alpha value is -1.97. The molecule has 0 saturated heterocycles. The Kier molecular flexibility index (Phi) is 3.87. The van der Waals surface area contributed by atoms with Crippen LogP contribution >= 0.6 is 0 Å². The SMILES string of the molecule is CCCOc1ccc(C(C)n2nccc2N)cc1. The van der Waals surface area contributed by atoms with Crippen molar-refractivity contribution in [3.63, 3.8) is 0 Å². The lowest BCUT2D eigenvalue weighted by molar-refractivity contribution is 0.317. The Balaban J connectivity index is 2.12. The Morgan fingerprint density at radius 2 is 2.00 bits per heavy atom. The van der Waals surface area contributed by atoms with Crippen molar-refractivity contribution in [1.82, 2.24) is 9.78 Å². The molecule has 0 spiro atoms. The smallest absolute Gasteiger partial charge is 0.122 e. The summed E-state index contributed by atoms with van der Waals surface area (Å²) in [6.45, 7) is 4.92. The summed E-state index contributed by atoms with van der Waals surface area (Å²) in [6, 6.07) is 10.0. The predicted molar refractivity (Wildman–Crippen MR) is 72.7 cm³/mol. The van der Waals surface area contributed by atoms with Gasteiger partial charge in [-0.1, -0.05) is 19.1 Å². The quantitative estimate of drug-likeness (QED) is 0.881. The fraction of sp³-hybridized carbons (Fsp3) is 0.357. The van der Waals surface area contributed by atoms with Crippen LogP contribution in [0.4, 0.5) is 5.82 Å². The van der Waals surface area contributed by atoms with Gasteiger partial charge in [-0.3, -0.25) is 0 Å². The summed E-state index contributed by atoms with van der Waals surface area (Å²) >= 11 is 0. The third-order valence-electron chi connectivity index (χ3n) is 2.90. The fourth-order valence-electron chi connectivity index (χ4n) is 1.85. The second-order valence-corrected chi connectivity index (χ2v) is 4.29. The highest BCUT2D eigenvalue weighted by Crippen LogP contribution is 2.22. The van der Waals surface area contributed by atoms with E-state index in [9.17, 15) is 0 Å². The zero-order chi connectivity index (χ0) is 13.0. The topological polar surface area (TPSA) is 53.1 Å². The molecular weight excluding hydrogens is 226 g/mol. The monoisotopic (exact) mass is 245 g/mol. The molecule has 0 aliphatic rings. The van der Waals surface area contributed by atoms with E-state index in [0.29, 0.717) is 5.82 Å². The molecule has 2 aromatic rings. The van der Waals surface area contributed by atoms with Crippen LogP contribution in [0.5, 0.6) is 5.75 Å². The van der Waals surface area contributed by atoms with Gasteiger partial charge in [0, 0.05) is 0 Å². The lowest BCUT2D eigenvalue weighted by atomic mass is 10.1. The summed E-state index contributed by atoms with van der Waals surface area (Å²) in [6.07, 6.45) is 2.73. The molecule has 2 N–H and O–H groups in total. The number of ether oxygens (including phenoxy) is 1. The minimum atomic E-state index is 0.125. The maximum Gasteiger partial charge on any atom is 0.122 e. The first-order valence-corrected chi connectivity index (χ1v) is 6.24. The zero-order valence-electron chi connectivity index (χ0n) is 10.8. The number of hydrogen-bond acceptors (Lipinski definition) is 3. The van der Waals surface area contributed by atoms with Gasteiger partial charge < -0.3 is 10.5 Å². The summed E-state index contributed by atoms with van der Waals surface area (Å²) < 4.78 is 7.36.